The van der Waals surface area contributed by atoms with Gasteiger partial charge in [-0.25, -0.2) is 0 Å². The van der Waals surface area contributed by atoms with E-state index in [1.54, 1.807) is 54.2 Å². The average molecular weight is 597 g/mol. The Morgan fingerprint density at radius 1 is 0.730 bits per heavy atom. The molecule has 0 saturated heterocycles. The van der Waals surface area contributed by atoms with Crippen LogP contribution in [0.5, 0.6) is 0 Å². The Balaban J connectivity index is 1.55. The first-order valence-electron chi connectivity index (χ1n) is 11.2. The Kier molecular flexibility index (Phi) is 14.0. The first-order chi connectivity index (χ1) is 17.6. The zero-order chi connectivity index (χ0) is 27.2. The van der Waals surface area contributed by atoms with Crippen LogP contribution in [-0.4, -0.2) is 43.5 Å². The second-order valence-electron chi connectivity index (χ2n) is 7.72. The zero-order valence-corrected chi connectivity index (χ0v) is 23.8. The van der Waals surface area contributed by atoms with Crippen LogP contribution in [-0.2, 0) is 22.4 Å². The SMILES string of the molecule is N=C(CCSCCC(=N)SC(=N)NC(=O)Cc1ccccc1Cl)SC(=N)CC(=O)Cc1ccccc1Cl. The molecular formula is C25H27Cl2N5O2S3. The summed E-state index contributed by atoms with van der Waals surface area (Å²) in [6.07, 6.45) is 1.09. The van der Waals surface area contributed by atoms with Gasteiger partial charge in [0.25, 0.3) is 0 Å². The van der Waals surface area contributed by atoms with E-state index in [2.05, 4.69) is 5.32 Å². The number of benzene rings is 2. The molecule has 0 spiro atoms. The number of carbonyl (C=O) groups is 2. The molecule has 0 aliphatic carbocycles. The zero-order valence-electron chi connectivity index (χ0n) is 19.9. The third-order valence-corrected chi connectivity index (χ3v) is 8.00. The maximum absolute atomic E-state index is 12.2. The Morgan fingerprint density at radius 3 is 1.81 bits per heavy atom. The predicted octanol–water partition coefficient (Wildman–Crippen LogP) is 6.70. The van der Waals surface area contributed by atoms with Gasteiger partial charge in [-0.3, -0.25) is 31.2 Å². The summed E-state index contributed by atoms with van der Waals surface area (Å²) in [4.78, 5) is 24.3. The van der Waals surface area contributed by atoms with Crippen molar-refractivity contribution in [1.29, 1.82) is 21.6 Å². The molecule has 0 aliphatic heterocycles. The molecule has 2 rings (SSSR count). The van der Waals surface area contributed by atoms with Crippen LogP contribution in [0.4, 0.5) is 0 Å². The van der Waals surface area contributed by atoms with Crippen LogP contribution in [0.1, 0.15) is 30.4 Å². The molecule has 0 heterocycles. The highest BCUT2D eigenvalue weighted by atomic mass is 35.5. The topological polar surface area (TPSA) is 142 Å². The van der Waals surface area contributed by atoms with Crippen molar-refractivity contribution in [2.75, 3.05) is 11.5 Å². The van der Waals surface area contributed by atoms with E-state index in [-0.39, 0.29) is 46.2 Å². The molecule has 2 aromatic rings. The minimum absolute atomic E-state index is 0.0271. The van der Waals surface area contributed by atoms with Crippen LogP contribution < -0.4 is 5.32 Å². The van der Waals surface area contributed by atoms with Crippen molar-refractivity contribution in [3.63, 3.8) is 0 Å². The van der Waals surface area contributed by atoms with Crippen molar-refractivity contribution >= 4 is 90.5 Å². The monoisotopic (exact) mass is 595 g/mol. The Hall–Kier alpha value is -2.11. The van der Waals surface area contributed by atoms with Crippen molar-refractivity contribution in [2.45, 2.75) is 32.1 Å². The van der Waals surface area contributed by atoms with Gasteiger partial charge in [-0.05, 0) is 46.5 Å². The van der Waals surface area contributed by atoms with Gasteiger partial charge in [0.05, 0.1) is 28.0 Å². The van der Waals surface area contributed by atoms with Crippen LogP contribution in [0.15, 0.2) is 48.5 Å². The fraction of sp³-hybridized carbons (Fsp3) is 0.280. The number of ketones is 1. The molecule has 7 nitrogen and oxygen atoms in total. The molecule has 196 valence electrons. The quantitative estimate of drug-likeness (QED) is 0.105. The van der Waals surface area contributed by atoms with Crippen molar-refractivity contribution in [3.05, 3.63) is 69.7 Å². The summed E-state index contributed by atoms with van der Waals surface area (Å²) >= 11 is 15.6. The standard InChI is InChI=1S/C25H27Cl2N5O2S3/c26-19-7-3-1-5-16(19)13-18(33)15-23(30)36-21(28)9-11-35-12-10-22(29)37-25(31)32-24(34)14-17-6-2-4-8-20(17)27/h1-8,28-30H,9-15H2,(H2,31,32,34). The minimum Gasteiger partial charge on any atom is -0.305 e. The number of carbonyl (C=O) groups excluding carboxylic acids is 2. The highest BCUT2D eigenvalue weighted by Crippen LogP contribution is 2.19. The van der Waals surface area contributed by atoms with E-state index >= 15 is 0 Å². The fourth-order valence-corrected chi connectivity index (χ4v) is 5.86. The van der Waals surface area contributed by atoms with E-state index in [1.807, 2.05) is 6.07 Å². The minimum atomic E-state index is -0.361. The second kappa shape index (κ2) is 16.7. The van der Waals surface area contributed by atoms with Gasteiger partial charge < -0.3 is 5.32 Å². The first kappa shape index (κ1) is 31.1. The lowest BCUT2D eigenvalue weighted by molar-refractivity contribution is -0.119. The lowest BCUT2D eigenvalue weighted by Gasteiger charge is -2.08. The van der Waals surface area contributed by atoms with Gasteiger partial charge >= 0.3 is 0 Å². The first-order valence-corrected chi connectivity index (χ1v) is 14.7. The van der Waals surface area contributed by atoms with E-state index in [1.165, 1.54) is 0 Å². The van der Waals surface area contributed by atoms with Crippen LogP contribution in [0.25, 0.3) is 0 Å². The Bertz CT molecular complexity index is 1090. The normalized spacial score (nSPS) is 10.5. The molecule has 5 N–H and O–H groups in total. The number of hydrogen-bond acceptors (Lipinski definition) is 9. The van der Waals surface area contributed by atoms with E-state index < -0.39 is 0 Å². The van der Waals surface area contributed by atoms with Crippen LogP contribution in [0.2, 0.25) is 10.0 Å². The van der Waals surface area contributed by atoms with Crippen molar-refractivity contribution in [2.24, 2.45) is 0 Å². The van der Waals surface area contributed by atoms with Gasteiger partial charge in [-0.15, -0.1) is 0 Å². The number of thioether (sulfide) groups is 3. The Labute approximate surface area is 239 Å². The summed E-state index contributed by atoms with van der Waals surface area (Å²) in [5.74, 6) is 0.809. The summed E-state index contributed by atoms with van der Waals surface area (Å²) < 4.78 is 0. The van der Waals surface area contributed by atoms with Gasteiger partial charge in [0.15, 0.2) is 5.17 Å². The van der Waals surface area contributed by atoms with Gasteiger partial charge in [0.2, 0.25) is 5.91 Å². The summed E-state index contributed by atoms with van der Waals surface area (Å²) in [5.41, 5.74) is 1.41. The molecule has 2 aromatic carbocycles. The number of rotatable bonds is 12. The molecule has 0 saturated carbocycles. The van der Waals surface area contributed by atoms with E-state index in [9.17, 15) is 9.59 Å². The maximum Gasteiger partial charge on any atom is 0.230 e. The molecule has 0 radical (unpaired) electrons. The predicted molar refractivity (Wildman–Crippen MR) is 161 cm³/mol. The smallest absolute Gasteiger partial charge is 0.230 e. The molecule has 0 aliphatic rings. The molecule has 0 unspecified atom stereocenters. The van der Waals surface area contributed by atoms with Crippen LogP contribution in [0, 0.1) is 21.6 Å². The van der Waals surface area contributed by atoms with Gasteiger partial charge in [0, 0.05) is 29.3 Å². The molecule has 0 aromatic heterocycles. The molecular weight excluding hydrogens is 569 g/mol. The van der Waals surface area contributed by atoms with Crippen molar-refractivity contribution < 1.29 is 9.59 Å². The maximum atomic E-state index is 12.2. The molecule has 12 heteroatoms. The fourth-order valence-electron chi connectivity index (χ4n) is 2.95. The van der Waals surface area contributed by atoms with E-state index in [4.69, 9.17) is 44.8 Å². The van der Waals surface area contributed by atoms with E-state index in [0.29, 0.717) is 45.0 Å². The van der Waals surface area contributed by atoms with Gasteiger partial charge in [0.1, 0.15) is 5.78 Å². The van der Waals surface area contributed by atoms with Gasteiger partial charge in [-0.1, -0.05) is 71.4 Å². The summed E-state index contributed by atoms with van der Waals surface area (Å²) in [6, 6.07) is 14.1. The average Bonchev–Trinajstić information content (AvgIpc) is 2.81. The molecule has 0 bridgehead atoms. The molecule has 1 amide bonds. The lowest BCUT2D eigenvalue weighted by atomic mass is 10.1. The van der Waals surface area contributed by atoms with Gasteiger partial charge in [-0.2, -0.15) is 11.8 Å². The largest absolute Gasteiger partial charge is 0.305 e. The van der Waals surface area contributed by atoms with Crippen LogP contribution in [0.3, 0.4) is 0 Å². The van der Waals surface area contributed by atoms with Crippen molar-refractivity contribution in [3.8, 4) is 0 Å². The Morgan fingerprint density at radius 2 is 1.24 bits per heavy atom. The highest BCUT2D eigenvalue weighted by molar-refractivity contribution is 8.26. The third-order valence-electron chi connectivity index (χ3n) is 4.68. The second-order valence-corrected chi connectivity index (χ2v) is 12.0. The number of nitrogens with one attached hydrogen (secondary N) is 5. The summed E-state index contributed by atoms with van der Waals surface area (Å²) in [7, 11) is 0. The number of amidine groups is 1. The van der Waals surface area contributed by atoms with Crippen molar-refractivity contribution in [1.82, 2.24) is 5.32 Å². The molecule has 0 atom stereocenters. The molecule has 0 fully saturated rings. The lowest BCUT2D eigenvalue weighted by Crippen LogP contribution is -2.29. The number of halogens is 2. The number of Topliss-reactive ketones (excluding diaryl/α,β-unsaturated/α-hetero) is 1. The summed E-state index contributed by atoms with van der Waals surface area (Å²) in [6.45, 7) is 0. The summed E-state index contributed by atoms with van der Waals surface area (Å²) in [5, 5.41) is 36.1. The number of amides is 1. The van der Waals surface area contributed by atoms with E-state index in [0.717, 1.165) is 29.1 Å². The number of hydrogen-bond donors (Lipinski definition) is 5. The molecule has 37 heavy (non-hydrogen) atoms. The van der Waals surface area contributed by atoms with Crippen LogP contribution >= 0.6 is 58.5 Å². The third kappa shape index (κ3) is 12.8. The highest BCUT2D eigenvalue weighted by Gasteiger charge is 2.13.